The van der Waals surface area contributed by atoms with Gasteiger partial charge in [0.2, 0.25) is 5.91 Å². The number of amides is 1. The Morgan fingerprint density at radius 2 is 2.08 bits per heavy atom. The smallest absolute Gasteiger partial charge is 0.261 e. The molecule has 0 spiro atoms. The number of hydrogen-bond donors (Lipinski definition) is 1. The lowest BCUT2D eigenvalue weighted by Gasteiger charge is -2.10. The first kappa shape index (κ1) is 18.1. The van der Waals surface area contributed by atoms with E-state index in [2.05, 4.69) is 26.2 Å². The normalized spacial score (nSPS) is 10.7. The van der Waals surface area contributed by atoms with Gasteiger partial charge in [0, 0.05) is 11.0 Å². The number of carbonyl (C=O) groups excluding carboxylic acids is 1. The number of hydrogen-bond acceptors (Lipinski definition) is 4. The van der Waals surface area contributed by atoms with Crippen molar-refractivity contribution >= 4 is 32.7 Å². The standard InChI is InChI=1S/C19H18BrN3O3/c1-26-17-5-3-2-4-13(17)8-9-21-18(24)11-23-12-22-16-7-6-14(20)10-15(16)19(23)25/h2-7,10,12H,8-9,11H2,1H3,(H,21,24). The molecule has 0 aliphatic carbocycles. The van der Waals surface area contributed by atoms with Crippen molar-refractivity contribution in [1.29, 1.82) is 0 Å². The number of nitrogens with zero attached hydrogens (tertiary/aromatic N) is 2. The van der Waals surface area contributed by atoms with Crippen LogP contribution in [0.25, 0.3) is 10.9 Å². The van der Waals surface area contributed by atoms with Gasteiger partial charge in [0.05, 0.1) is 24.3 Å². The zero-order valence-electron chi connectivity index (χ0n) is 14.2. The first-order valence-corrected chi connectivity index (χ1v) is 8.91. The van der Waals surface area contributed by atoms with Crippen LogP contribution in [0.15, 0.2) is 58.1 Å². The highest BCUT2D eigenvalue weighted by atomic mass is 79.9. The van der Waals surface area contributed by atoms with Gasteiger partial charge in [-0.3, -0.25) is 14.2 Å². The number of rotatable bonds is 6. The first-order chi connectivity index (χ1) is 12.6. The summed E-state index contributed by atoms with van der Waals surface area (Å²) in [7, 11) is 1.62. The van der Waals surface area contributed by atoms with Crippen molar-refractivity contribution in [2.75, 3.05) is 13.7 Å². The monoisotopic (exact) mass is 415 g/mol. The fraction of sp³-hybridized carbons (Fsp3) is 0.211. The first-order valence-electron chi connectivity index (χ1n) is 8.12. The van der Waals surface area contributed by atoms with Gasteiger partial charge in [0.25, 0.3) is 5.56 Å². The SMILES string of the molecule is COc1ccccc1CCNC(=O)Cn1cnc2ccc(Br)cc2c1=O. The molecule has 0 aliphatic rings. The molecule has 0 unspecified atom stereocenters. The quantitative estimate of drug-likeness (QED) is 0.671. The van der Waals surface area contributed by atoms with Gasteiger partial charge in [-0.15, -0.1) is 0 Å². The lowest BCUT2D eigenvalue weighted by Crippen LogP contribution is -2.33. The predicted molar refractivity (Wildman–Crippen MR) is 103 cm³/mol. The van der Waals surface area contributed by atoms with E-state index in [1.807, 2.05) is 30.3 Å². The van der Waals surface area contributed by atoms with Gasteiger partial charge in [-0.05, 0) is 36.2 Å². The second-order valence-electron chi connectivity index (χ2n) is 5.75. The van der Waals surface area contributed by atoms with Crippen LogP contribution in [0.2, 0.25) is 0 Å². The van der Waals surface area contributed by atoms with E-state index in [-0.39, 0.29) is 18.0 Å². The maximum atomic E-state index is 12.5. The lowest BCUT2D eigenvalue weighted by molar-refractivity contribution is -0.121. The Kier molecular flexibility index (Phi) is 5.68. The third kappa shape index (κ3) is 4.11. The van der Waals surface area contributed by atoms with E-state index < -0.39 is 0 Å². The van der Waals surface area contributed by atoms with Crippen molar-refractivity contribution < 1.29 is 9.53 Å². The molecular weight excluding hydrogens is 398 g/mol. The van der Waals surface area contributed by atoms with Gasteiger partial charge in [0.1, 0.15) is 12.3 Å². The average molecular weight is 416 g/mol. The largest absolute Gasteiger partial charge is 0.496 e. The highest BCUT2D eigenvalue weighted by molar-refractivity contribution is 9.10. The molecule has 6 nitrogen and oxygen atoms in total. The van der Waals surface area contributed by atoms with E-state index in [4.69, 9.17) is 4.74 Å². The molecule has 7 heteroatoms. The summed E-state index contributed by atoms with van der Waals surface area (Å²) in [5.74, 6) is 0.556. The number of carbonyl (C=O) groups is 1. The summed E-state index contributed by atoms with van der Waals surface area (Å²) in [6.07, 6.45) is 2.05. The van der Waals surface area contributed by atoms with Crippen molar-refractivity contribution in [3.63, 3.8) is 0 Å². The van der Waals surface area contributed by atoms with Crippen LogP contribution >= 0.6 is 15.9 Å². The molecule has 1 heterocycles. The summed E-state index contributed by atoms with van der Waals surface area (Å²) in [5, 5.41) is 3.30. The van der Waals surface area contributed by atoms with E-state index >= 15 is 0 Å². The number of methoxy groups -OCH3 is 1. The van der Waals surface area contributed by atoms with Gasteiger partial charge >= 0.3 is 0 Å². The molecule has 134 valence electrons. The lowest BCUT2D eigenvalue weighted by atomic mass is 10.1. The van der Waals surface area contributed by atoms with Crippen LogP contribution in [-0.4, -0.2) is 29.1 Å². The van der Waals surface area contributed by atoms with E-state index in [0.717, 1.165) is 15.8 Å². The zero-order valence-corrected chi connectivity index (χ0v) is 15.8. The molecule has 0 radical (unpaired) electrons. The van der Waals surface area contributed by atoms with E-state index in [1.54, 1.807) is 19.2 Å². The molecule has 1 amide bonds. The van der Waals surface area contributed by atoms with Gasteiger partial charge in [-0.2, -0.15) is 0 Å². The topological polar surface area (TPSA) is 73.2 Å². The Hall–Kier alpha value is -2.67. The molecule has 1 N–H and O–H groups in total. The third-order valence-electron chi connectivity index (χ3n) is 4.01. The molecular formula is C19H18BrN3O3. The van der Waals surface area contributed by atoms with Crippen LogP contribution in [0.3, 0.4) is 0 Å². The third-order valence-corrected chi connectivity index (χ3v) is 4.50. The van der Waals surface area contributed by atoms with E-state index in [1.165, 1.54) is 10.9 Å². The number of para-hydroxylation sites is 1. The Morgan fingerprint density at radius 3 is 2.88 bits per heavy atom. The van der Waals surface area contributed by atoms with Crippen LogP contribution in [0.1, 0.15) is 5.56 Å². The van der Waals surface area contributed by atoms with Gasteiger partial charge in [0.15, 0.2) is 0 Å². The molecule has 0 atom stereocenters. The maximum absolute atomic E-state index is 12.5. The minimum atomic E-state index is -0.240. The molecule has 26 heavy (non-hydrogen) atoms. The number of aromatic nitrogens is 2. The molecule has 0 saturated carbocycles. The minimum Gasteiger partial charge on any atom is -0.496 e. The van der Waals surface area contributed by atoms with Crippen LogP contribution < -0.4 is 15.6 Å². The molecule has 2 aromatic carbocycles. The summed E-state index contributed by atoms with van der Waals surface area (Å²) >= 11 is 3.34. The summed E-state index contributed by atoms with van der Waals surface area (Å²) in [4.78, 5) is 28.9. The number of ether oxygens (including phenoxy) is 1. The number of nitrogens with one attached hydrogen (secondary N) is 1. The molecule has 1 aromatic heterocycles. The Morgan fingerprint density at radius 1 is 1.27 bits per heavy atom. The van der Waals surface area contributed by atoms with Crippen LogP contribution in [0.4, 0.5) is 0 Å². The minimum absolute atomic E-state index is 0.0692. The van der Waals surface area contributed by atoms with Crippen LogP contribution in [0, 0.1) is 0 Å². The van der Waals surface area contributed by atoms with Crippen molar-refractivity contribution in [2.24, 2.45) is 0 Å². The van der Waals surface area contributed by atoms with E-state index in [0.29, 0.717) is 23.9 Å². The Balaban J connectivity index is 1.64. The molecule has 3 aromatic rings. The maximum Gasteiger partial charge on any atom is 0.261 e. The number of benzene rings is 2. The second-order valence-corrected chi connectivity index (χ2v) is 6.67. The second kappa shape index (κ2) is 8.14. The average Bonchev–Trinajstić information content (AvgIpc) is 2.65. The van der Waals surface area contributed by atoms with Crippen LogP contribution in [-0.2, 0) is 17.8 Å². The van der Waals surface area contributed by atoms with Gasteiger partial charge in [-0.1, -0.05) is 34.1 Å². The Bertz CT molecular complexity index is 1000. The van der Waals surface area contributed by atoms with Crippen molar-refractivity contribution in [2.45, 2.75) is 13.0 Å². The number of fused-ring (bicyclic) bond motifs is 1. The molecule has 0 fully saturated rings. The zero-order chi connectivity index (χ0) is 18.5. The van der Waals surface area contributed by atoms with Crippen LogP contribution in [0.5, 0.6) is 5.75 Å². The summed E-state index contributed by atoms with van der Waals surface area (Å²) in [6.45, 7) is 0.390. The molecule has 0 saturated heterocycles. The number of halogens is 1. The summed E-state index contributed by atoms with van der Waals surface area (Å²) in [6, 6.07) is 13.0. The highest BCUT2D eigenvalue weighted by Crippen LogP contribution is 2.17. The fourth-order valence-electron chi connectivity index (χ4n) is 2.70. The van der Waals surface area contributed by atoms with Crippen molar-refractivity contribution in [1.82, 2.24) is 14.9 Å². The highest BCUT2D eigenvalue weighted by Gasteiger charge is 2.09. The fourth-order valence-corrected chi connectivity index (χ4v) is 3.06. The van der Waals surface area contributed by atoms with Crippen molar-refractivity contribution in [3.05, 3.63) is 69.2 Å². The molecule has 0 aliphatic heterocycles. The predicted octanol–water partition coefficient (Wildman–Crippen LogP) is 2.53. The molecule has 3 rings (SSSR count). The van der Waals surface area contributed by atoms with E-state index in [9.17, 15) is 9.59 Å². The summed E-state index contributed by atoms with van der Waals surface area (Å²) in [5.41, 5.74) is 1.38. The van der Waals surface area contributed by atoms with Gasteiger partial charge < -0.3 is 10.1 Å². The van der Waals surface area contributed by atoms with Crippen molar-refractivity contribution in [3.8, 4) is 5.75 Å². The summed E-state index contributed by atoms with van der Waals surface area (Å²) < 4.78 is 7.40. The Labute approximate surface area is 158 Å². The van der Waals surface area contributed by atoms with Gasteiger partial charge in [-0.25, -0.2) is 4.98 Å². The molecule has 0 bridgehead atoms.